The average molecular weight is 281 g/mol. The highest BCUT2D eigenvalue weighted by molar-refractivity contribution is 5.81. The van der Waals surface area contributed by atoms with Gasteiger partial charge in [-0.25, -0.2) is 15.0 Å². The third-order valence-electron chi connectivity index (χ3n) is 3.58. The van der Waals surface area contributed by atoms with Gasteiger partial charge >= 0.3 is 0 Å². The van der Waals surface area contributed by atoms with Crippen LogP contribution in [0.15, 0.2) is 36.7 Å². The van der Waals surface area contributed by atoms with E-state index in [4.69, 9.17) is 5.73 Å². The zero-order chi connectivity index (χ0) is 14.7. The molecule has 0 amide bonds. The number of nitrogens with two attached hydrogens (primary N) is 1. The number of benzene rings is 1. The Kier molecular flexibility index (Phi) is 3.81. The van der Waals surface area contributed by atoms with Gasteiger partial charge in [0.05, 0.1) is 6.54 Å². The Bertz CT molecular complexity index is 733. The number of nitrogens with zero attached hydrogens (tertiary/aromatic N) is 4. The number of rotatable bonds is 5. The maximum Gasteiger partial charge on any atom is 0.165 e. The van der Waals surface area contributed by atoms with E-state index in [0.29, 0.717) is 11.3 Å². The number of imidazole rings is 1. The summed E-state index contributed by atoms with van der Waals surface area (Å²) in [5, 5.41) is 0. The minimum Gasteiger partial charge on any atom is -0.382 e. The summed E-state index contributed by atoms with van der Waals surface area (Å²) in [4.78, 5) is 13.1. The summed E-state index contributed by atoms with van der Waals surface area (Å²) in [5.41, 5.74) is 8.69. The van der Waals surface area contributed by atoms with E-state index in [-0.39, 0.29) is 0 Å². The Morgan fingerprint density at radius 2 is 1.95 bits per heavy atom. The summed E-state index contributed by atoms with van der Waals surface area (Å²) in [6.07, 6.45) is 4.67. The van der Waals surface area contributed by atoms with E-state index in [1.165, 1.54) is 11.9 Å². The second-order valence-corrected chi connectivity index (χ2v) is 5.13. The van der Waals surface area contributed by atoms with Gasteiger partial charge < -0.3 is 10.3 Å². The normalized spacial score (nSPS) is 11.1. The highest BCUT2D eigenvalue weighted by atomic mass is 15.1. The van der Waals surface area contributed by atoms with Gasteiger partial charge in [0.1, 0.15) is 12.2 Å². The Morgan fingerprint density at radius 1 is 1.14 bits per heavy atom. The molecule has 3 aromatic rings. The van der Waals surface area contributed by atoms with Gasteiger partial charge in [0, 0.05) is 6.42 Å². The SMILES string of the molecule is CCCCc1nc2c(N)ncnc2n1Cc1ccccc1. The van der Waals surface area contributed by atoms with E-state index < -0.39 is 0 Å². The molecular formula is C16H19N5. The minimum atomic E-state index is 0.449. The van der Waals surface area contributed by atoms with Gasteiger partial charge in [-0.2, -0.15) is 0 Å². The van der Waals surface area contributed by atoms with Crippen molar-refractivity contribution in [3.63, 3.8) is 0 Å². The molecule has 3 rings (SSSR count). The molecule has 0 saturated carbocycles. The summed E-state index contributed by atoms with van der Waals surface area (Å²) >= 11 is 0. The third-order valence-corrected chi connectivity index (χ3v) is 3.58. The second-order valence-electron chi connectivity index (χ2n) is 5.13. The van der Waals surface area contributed by atoms with Gasteiger partial charge in [0.15, 0.2) is 17.0 Å². The Hall–Kier alpha value is -2.43. The summed E-state index contributed by atoms with van der Waals surface area (Å²) in [6, 6.07) is 10.3. The number of unbranched alkanes of at least 4 members (excludes halogenated alkanes) is 1. The van der Waals surface area contributed by atoms with E-state index in [9.17, 15) is 0 Å². The number of nitrogen functional groups attached to an aromatic ring is 1. The van der Waals surface area contributed by atoms with Crippen molar-refractivity contribution in [2.24, 2.45) is 0 Å². The van der Waals surface area contributed by atoms with Gasteiger partial charge in [-0.05, 0) is 12.0 Å². The van der Waals surface area contributed by atoms with Crippen LogP contribution >= 0.6 is 0 Å². The van der Waals surface area contributed by atoms with Crippen LogP contribution in [0.4, 0.5) is 5.82 Å². The van der Waals surface area contributed by atoms with Crippen LogP contribution in [0.5, 0.6) is 0 Å². The van der Waals surface area contributed by atoms with Crippen molar-refractivity contribution < 1.29 is 0 Å². The molecule has 0 aliphatic rings. The molecule has 2 heterocycles. The number of fused-ring (bicyclic) bond motifs is 1. The molecule has 1 aromatic carbocycles. The molecule has 5 nitrogen and oxygen atoms in total. The average Bonchev–Trinajstić information content (AvgIpc) is 2.86. The van der Waals surface area contributed by atoms with Crippen LogP contribution in [0.2, 0.25) is 0 Å². The van der Waals surface area contributed by atoms with Crippen LogP contribution in [0.3, 0.4) is 0 Å². The Balaban J connectivity index is 2.07. The first-order valence-corrected chi connectivity index (χ1v) is 7.29. The van der Waals surface area contributed by atoms with Crippen LogP contribution in [-0.2, 0) is 13.0 Å². The van der Waals surface area contributed by atoms with E-state index in [0.717, 1.165) is 37.3 Å². The maximum absolute atomic E-state index is 5.93. The van der Waals surface area contributed by atoms with Crippen LogP contribution in [0.1, 0.15) is 31.2 Å². The minimum absolute atomic E-state index is 0.449. The number of aromatic nitrogens is 4. The number of anilines is 1. The van der Waals surface area contributed by atoms with E-state index in [1.54, 1.807) is 0 Å². The predicted octanol–water partition coefficient (Wildman–Crippen LogP) is 2.80. The lowest BCUT2D eigenvalue weighted by atomic mass is 10.2. The lowest BCUT2D eigenvalue weighted by Crippen LogP contribution is -2.06. The lowest BCUT2D eigenvalue weighted by molar-refractivity contribution is 0.686. The third kappa shape index (κ3) is 2.72. The molecule has 0 atom stereocenters. The molecule has 0 spiro atoms. The fourth-order valence-corrected chi connectivity index (χ4v) is 2.46. The van der Waals surface area contributed by atoms with Gasteiger partial charge in [0.2, 0.25) is 0 Å². The van der Waals surface area contributed by atoms with Crippen molar-refractivity contribution >= 4 is 17.0 Å². The fourth-order valence-electron chi connectivity index (χ4n) is 2.46. The molecule has 108 valence electrons. The lowest BCUT2D eigenvalue weighted by Gasteiger charge is -2.08. The van der Waals surface area contributed by atoms with Crippen LogP contribution in [0.25, 0.3) is 11.2 Å². The summed E-state index contributed by atoms with van der Waals surface area (Å²) in [7, 11) is 0. The van der Waals surface area contributed by atoms with Crippen molar-refractivity contribution in [3.8, 4) is 0 Å². The van der Waals surface area contributed by atoms with Crippen LogP contribution in [0, 0.1) is 0 Å². The number of aryl methyl sites for hydroxylation is 1. The largest absolute Gasteiger partial charge is 0.382 e. The zero-order valence-electron chi connectivity index (χ0n) is 12.2. The molecule has 2 aromatic heterocycles. The molecule has 0 unspecified atom stereocenters. The standard InChI is InChI=1S/C16H19N5/c1-2-3-9-13-20-14-15(17)18-11-19-16(14)21(13)10-12-7-5-4-6-8-12/h4-8,11H,2-3,9-10H2,1H3,(H2,17,18,19). The molecule has 0 radical (unpaired) electrons. The molecule has 0 fully saturated rings. The molecule has 0 aliphatic carbocycles. The topological polar surface area (TPSA) is 69.6 Å². The molecule has 5 heteroatoms. The van der Waals surface area contributed by atoms with Gasteiger partial charge in [-0.1, -0.05) is 43.7 Å². The highest BCUT2D eigenvalue weighted by Crippen LogP contribution is 2.20. The second kappa shape index (κ2) is 5.91. The van der Waals surface area contributed by atoms with Crippen LogP contribution in [-0.4, -0.2) is 19.5 Å². The molecule has 21 heavy (non-hydrogen) atoms. The Morgan fingerprint density at radius 3 is 2.71 bits per heavy atom. The van der Waals surface area contributed by atoms with Crippen molar-refractivity contribution in [2.75, 3.05) is 5.73 Å². The van der Waals surface area contributed by atoms with Crippen molar-refractivity contribution in [2.45, 2.75) is 32.7 Å². The first-order valence-electron chi connectivity index (χ1n) is 7.29. The Labute approximate surface area is 123 Å². The zero-order valence-corrected chi connectivity index (χ0v) is 12.2. The smallest absolute Gasteiger partial charge is 0.165 e. The van der Waals surface area contributed by atoms with E-state index in [2.05, 4.69) is 38.6 Å². The maximum atomic E-state index is 5.93. The van der Waals surface area contributed by atoms with E-state index >= 15 is 0 Å². The molecule has 0 aliphatic heterocycles. The molecule has 2 N–H and O–H groups in total. The number of hydrogen-bond acceptors (Lipinski definition) is 4. The fraction of sp³-hybridized carbons (Fsp3) is 0.312. The van der Waals surface area contributed by atoms with Crippen molar-refractivity contribution in [1.82, 2.24) is 19.5 Å². The van der Waals surface area contributed by atoms with E-state index in [1.807, 2.05) is 18.2 Å². The first kappa shape index (κ1) is 13.5. The van der Waals surface area contributed by atoms with Gasteiger partial charge in [0.25, 0.3) is 0 Å². The molecule has 0 saturated heterocycles. The van der Waals surface area contributed by atoms with Gasteiger partial charge in [-0.3, -0.25) is 0 Å². The van der Waals surface area contributed by atoms with Crippen LogP contribution < -0.4 is 5.73 Å². The monoisotopic (exact) mass is 281 g/mol. The summed E-state index contributed by atoms with van der Waals surface area (Å²) in [5.74, 6) is 1.48. The van der Waals surface area contributed by atoms with Crippen molar-refractivity contribution in [1.29, 1.82) is 0 Å². The van der Waals surface area contributed by atoms with Gasteiger partial charge in [-0.15, -0.1) is 0 Å². The quantitative estimate of drug-likeness (QED) is 0.780. The highest BCUT2D eigenvalue weighted by Gasteiger charge is 2.14. The molecule has 0 bridgehead atoms. The van der Waals surface area contributed by atoms with Crippen molar-refractivity contribution in [3.05, 3.63) is 48.0 Å². The summed E-state index contributed by atoms with van der Waals surface area (Å²) < 4.78 is 2.15. The summed E-state index contributed by atoms with van der Waals surface area (Å²) in [6.45, 7) is 2.94. The predicted molar refractivity (Wildman–Crippen MR) is 83.9 cm³/mol. The number of hydrogen-bond donors (Lipinski definition) is 1. The molecular weight excluding hydrogens is 262 g/mol. The first-order chi connectivity index (χ1) is 10.3.